The molecule has 1 aromatic carbocycles. The van der Waals surface area contributed by atoms with Gasteiger partial charge in [0, 0.05) is 24.5 Å². The van der Waals surface area contributed by atoms with Gasteiger partial charge < -0.3 is 5.32 Å². The zero-order valence-corrected chi connectivity index (χ0v) is 16.1. The van der Waals surface area contributed by atoms with Crippen molar-refractivity contribution in [2.75, 3.05) is 0 Å². The highest BCUT2D eigenvalue weighted by Crippen LogP contribution is 2.42. The molecule has 3 aromatic rings. The lowest BCUT2D eigenvalue weighted by Crippen LogP contribution is -2.65. The number of carbonyl (C=O) groups excluding carboxylic acids is 1. The zero-order valence-electron chi connectivity index (χ0n) is 16.1. The second kappa shape index (κ2) is 7.78. The second-order valence-corrected chi connectivity index (χ2v) is 6.91. The molecule has 33 heavy (non-hydrogen) atoms. The fraction of sp³-hybridized carbons (Fsp3) is 0.211. The molecule has 14 heteroatoms. The molecule has 0 spiro atoms. The van der Waals surface area contributed by atoms with E-state index < -0.39 is 69.0 Å². The van der Waals surface area contributed by atoms with E-state index in [9.17, 15) is 49.1 Å². The van der Waals surface area contributed by atoms with Gasteiger partial charge >= 0.3 is 12.4 Å². The molecule has 1 N–H and O–H groups in total. The Labute approximate surface area is 177 Å². The predicted octanol–water partition coefficient (Wildman–Crippen LogP) is 4.42. The van der Waals surface area contributed by atoms with Crippen LogP contribution >= 0.6 is 0 Å². The van der Waals surface area contributed by atoms with Crippen LogP contribution in [0.25, 0.3) is 16.7 Å². The lowest BCUT2D eigenvalue weighted by atomic mass is 10.00. The van der Waals surface area contributed by atoms with Gasteiger partial charge in [0.2, 0.25) is 11.0 Å². The predicted molar refractivity (Wildman–Crippen MR) is 95.2 cm³/mol. The number of carbonyl (C=O) groups is 1. The summed E-state index contributed by atoms with van der Waals surface area (Å²) in [5, 5.41) is 0.181. The lowest BCUT2D eigenvalue weighted by Gasteiger charge is -2.34. The molecule has 1 amide bonds. The fourth-order valence-electron chi connectivity index (χ4n) is 2.85. The van der Waals surface area contributed by atoms with Crippen molar-refractivity contribution in [2.45, 2.75) is 24.8 Å². The number of pyridine rings is 2. The maximum absolute atomic E-state index is 14.3. The average molecular weight is 483 g/mol. The third-order valence-corrected chi connectivity index (χ3v) is 4.73. The van der Waals surface area contributed by atoms with Crippen molar-refractivity contribution < 1.29 is 44.3 Å². The standard InChI is InChI=1S/C19H10F9N3O2/c1-17(18(23,24)25,19(26,27)28)30-16(33)10-7-31(13-11(21)5-8(20)6-12(13)22)15-9(14(10)32)3-2-4-29-15/h2-7H,1H3,(H,30,33). The number of halogens is 9. The first kappa shape index (κ1) is 24.1. The van der Waals surface area contributed by atoms with Gasteiger partial charge in [-0.25, -0.2) is 18.2 Å². The number of hydrogen-bond acceptors (Lipinski definition) is 3. The van der Waals surface area contributed by atoms with Crippen LogP contribution < -0.4 is 10.7 Å². The van der Waals surface area contributed by atoms with Crippen LogP contribution in [0.15, 0.2) is 41.5 Å². The molecule has 176 valence electrons. The van der Waals surface area contributed by atoms with Crippen molar-refractivity contribution in [3.05, 3.63) is 69.9 Å². The molecule has 5 nitrogen and oxygen atoms in total. The van der Waals surface area contributed by atoms with Gasteiger partial charge in [-0.3, -0.25) is 14.2 Å². The Balaban J connectivity index is 2.29. The van der Waals surface area contributed by atoms with Gasteiger partial charge in [-0.15, -0.1) is 0 Å². The molecule has 0 saturated carbocycles. The Morgan fingerprint density at radius 2 is 1.55 bits per heavy atom. The van der Waals surface area contributed by atoms with Crippen molar-refractivity contribution in [3.8, 4) is 5.69 Å². The molecule has 0 radical (unpaired) electrons. The molecule has 0 aliphatic heterocycles. The van der Waals surface area contributed by atoms with Crippen LogP contribution in [0, 0.1) is 17.5 Å². The first-order valence-electron chi connectivity index (χ1n) is 8.70. The normalized spacial score (nSPS) is 12.8. The van der Waals surface area contributed by atoms with E-state index in [1.165, 1.54) is 0 Å². The third-order valence-electron chi connectivity index (χ3n) is 4.73. The number of amides is 1. The Bertz CT molecular complexity index is 1280. The van der Waals surface area contributed by atoms with Crippen LogP contribution in [0.4, 0.5) is 39.5 Å². The Kier molecular flexibility index (Phi) is 5.67. The van der Waals surface area contributed by atoms with Crippen molar-refractivity contribution in [2.24, 2.45) is 0 Å². The molecule has 3 rings (SSSR count). The van der Waals surface area contributed by atoms with Crippen molar-refractivity contribution >= 4 is 16.9 Å². The molecule has 0 saturated heterocycles. The maximum atomic E-state index is 14.3. The van der Waals surface area contributed by atoms with E-state index in [-0.39, 0.29) is 19.1 Å². The van der Waals surface area contributed by atoms with Gasteiger partial charge in [0.05, 0.1) is 5.39 Å². The van der Waals surface area contributed by atoms with Crippen LogP contribution in [0.3, 0.4) is 0 Å². The van der Waals surface area contributed by atoms with E-state index in [1.54, 1.807) is 0 Å². The highest BCUT2D eigenvalue weighted by molar-refractivity contribution is 5.97. The van der Waals surface area contributed by atoms with Crippen molar-refractivity contribution in [1.29, 1.82) is 0 Å². The van der Waals surface area contributed by atoms with Crippen LogP contribution in [0.5, 0.6) is 0 Å². The van der Waals surface area contributed by atoms with Crippen LogP contribution in [0.1, 0.15) is 17.3 Å². The second-order valence-electron chi connectivity index (χ2n) is 6.91. The molecule has 0 unspecified atom stereocenters. The first-order valence-corrected chi connectivity index (χ1v) is 8.70. The van der Waals surface area contributed by atoms with Gasteiger partial charge in [-0.05, 0) is 19.1 Å². The summed E-state index contributed by atoms with van der Waals surface area (Å²) in [6.07, 6.45) is -10.7. The van der Waals surface area contributed by atoms with Crippen molar-refractivity contribution in [3.63, 3.8) is 0 Å². The van der Waals surface area contributed by atoms with Crippen LogP contribution in [0.2, 0.25) is 0 Å². The number of alkyl halides is 6. The Hall–Kier alpha value is -3.58. The highest BCUT2D eigenvalue weighted by Gasteiger charge is 2.68. The maximum Gasteiger partial charge on any atom is 0.420 e. The van der Waals surface area contributed by atoms with Gasteiger partial charge in [0.15, 0.2) is 11.6 Å². The topological polar surface area (TPSA) is 64.0 Å². The number of fused-ring (bicyclic) bond motifs is 1. The summed E-state index contributed by atoms with van der Waals surface area (Å²) in [6.45, 7) is -0.356. The highest BCUT2D eigenvalue weighted by atomic mass is 19.4. The van der Waals surface area contributed by atoms with Gasteiger partial charge in [-0.2, -0.15) is 26.3 Å². The minimum absolute atomic E-state index is 0.232. The van der Waals surface area contributed by atoms with E-state index in [1.807, 2.05) is 0 Å². The largest absolute Gasteiger partial charge is 0.420 e. The Morgan fingerprint density at radius 3 is 2.06 bits per heavy atom. The molecular weight excluding hydrogens is 473 g/mol. The first-order chi connectivity index (χ1) is 15.1. The lowest BCUT2D eigenvalue weighted by molar-refractivity contribution is -0.297. The van der Waals surface area contributed by atoms with E-state index in [0.29, 0.717) is 10.8 Å². The summed E-state index contributed by atoms with van der Waals surface area (Å²) >= 11 is 0. The summed E-state index contributed by atoms with van der Waals surface area (Å²) in [7, 11) is 0. The molecular formula is C19H10F9N3O2. The smallest absolute Gasteiger partial charge is 0.331 e. The number of rotatable bonds is 3. The number of hydrogen-bond donors (Lipinski definition) is 1. The van der Waals surface area contributed by atoms with E-state index in [0.717, 1.165) is 23.6 Å². The zero-order chi connectivity index (χ0) is 24.9. The molecule has 0 atom stereocenters. The Morgan fingerprint density at radius 1 is 1.00 bits per heavy atom. The summed E-state index contributed by atoms with van der Waals surface area (Å²) in [5.74, 6) is -6.56. The quantitative estimate of drug-likeness (QED) is 0.562. The number of aromatic nitrogens is 2. The van der Waals surface area contributed by atoms with E-state index in [2.05, 4.69) is 4.98 Å². The van der Waals surface area contributed by atoms with Crippen LogP contribution in [-0.2, 0) is 0 Å². The summed E-state index contributed by atoms with van der Waals surface area (Å²) in [6, 6.07) is 2.57. The number of nitrogens with one attached hydrogen (secondary N) is 1. The van der Waals surface area contributed by atoms with Crippen molar-refractivity contribution in [1.82, 2.24) is 14.9 Å². The monoisotopic (exact) mass is 483 g/mol. The number of nitrogens with zero attached hydrogens (tertiary/aromatic N) is 2. The number of benzene rings is 1. The summed E-state index contributed by atoms with van der Waals surface area (Å²) in [4.78, 5) is 28.8. The third kappa shape index (κ3) is 4.00. The molecule has 0 bridgehead atoms. The van der Waals surface area contributed by atoms with Gasteiger partial charge in [0.1, 0.15) is 22.7 Å². The van der Waals surface area contributed by atoms with Crippen LogP contribution in [-0.4, -0.2) is 33.3 Å². The summed E-state index contributed by atoms with van der Waals surface area (Å²) in [5.41, 5.74) is -9.01. The van der Waals surface area contributed by atoms with Gasteiger partial charge in [-0.1, -0.05) is 0 Å². The average Bonchev–Trinajstić information content (AvgIpc) is 2.67. The SMILES string of the molecule is CC(NC(=O)c1cn(-c2c(F)cc(F)cc2F)c2ncccc2c1=O)(C(F)(F)F)C(F)(F)F. The molecule has 0 aliphatic carbocycles. The molecule has 2 aromatic heterocycles. The van der Waals surface area contributed by atoms with E-state index in [4.69, 9.17) is 0 Å². The summed E-state index contributed by atoms with van der Waals surface area (Å²) < 4.78 is 121. The minimum atomic E-state index is -6.02. The fourth-order valence-corrected chi connectivity index (χ4v) is 2.85. The molecule has 2 heterocycles. The minimum Gasteiger partial charge on any atom is -0.331 e. The van der Waals surface area contributed by atoms with E-state index >= 15 is 0 Å². The van der Waals surface area contributed by atoms with Gasteiger partial charge in [0.25, 0.3) is 5.91 Å². The molecule has 0 fully saturated rings. The molecule has 0 aliphatic rings.